The van der Waals surface area contributed by atoms with E-state index in [1.807, 2.05) is 36.4 Å². The minimum absolute atomic E-state index is 0.0302. The highest BCUT2D eigenvalue weighted by Gasteiger charge is 2.46. The number of fused-ring (bicyclic) bond motifs is 1. The zero-order valence-electron chi connectivity index (χ0n) is 25.7. The number of carbonyl (C=O) groups is 3. The van der Waals surface area contributed by atoms with E-state index < -0.39 is 30.3 Å². The summed E-state index contributed by atoms with van der Waals surface area (Å²) in [5.41, 5.74) is 1.41. The third-order valence-electron chi connectivity index (χ3n) is 9.46. The third kappa shape index (κ3) is 7.25. The number of alkyl carbamates (subject to hydrolysis) is 1. The van der Waals surface area contributed by atoms with Crippen molar-refractivity contribution in [3.05, 3.63) is 55.3 Å². The number of rotatable bonds is 12. The maximum atomic E-state index is 14.2. The second-order valence-electron chi connectivity index (χ2n) is 12.3. The minimum Gasteiger partial charge on any atom is -0.486 e. The molecule has 3 fully saturated rings. The van der Waals surface area contributed by atoms with Crippen molar-refractivity contribution in [1.82, 2.24) is 15.2 Å². The van der Waals surface area contributed by atoms with Crippen molar-refractivity contribution in [3.63, 3.8) is 0 Å². The van der Waals surface area contributed by atoms with Gasteiger partial charge in [-0.2, -0.15) is 0 Å². The first-order valence-corrected chi connectivity index (χ1v) is 16.1. The number of ether oxygens (including phenoxy) is 3. The van der Waals surface area contributed by atoms with Crippen molar-refractivity contribution in [2.75, 3.05) is 13.7 Å². The highest BCUT2D eigenvalue weighted by atomic mass is 16.6. The van der Waals surface area contributed by atoms with Crippen LogP contribution in [0.25, 0.3) is 17.0 Å². The fourth-order valence-electron chi connectivity index (χ4n) is 7.18. The average Bonchev–Trinajstić information content (AvgIpc) is 3.81. The number of aromatic nitrogens is 1. The molecule has 0 spiro atoms. The van der Waals surface area contributed by atoms with E-state index in [2.05, 4.69) is 23.5 Å². The lowest BCUT2D eigenvalue weighted by molar-refractivity contribution is -0.152. The molecule has 1 N–H and O–H groups in total. The topological polar surface area (TPSA) is 107 Å². The van der Waals surface area contributed by atoms with Crippen LogP contribution in [0.1, 0.15) is 76.3 Å². The van der Waals surface area contributed by atoms with E-state index in [1.54, 1.807) is 6.08 Å². The van der Waals surface area contributed by atoms with Gasteiger partial charge in [0.15, 0.2) is 0 Å². The number of hydrogen-bond donors (Lipinski definition) is 1. The maximum absolute atomic E-state index is 14.2. The van der Waals surface area contributed by atoms with Crippen LogP contribution in [0.2, 0.25) is 0 Å². The molecule has 2 aromatic rings. The molecule has 1 saturated heterocycles. The second-order valence-corrected chi connectivity index (χ2v) is 12.3. The van der Waals surface area contributed by atoms with Crippen molar-refractivity contribution < 1.29 is 28.6 Å². The molecule has 1 aromatic heterocycles. The Kier molecular flexibility index (Phi) is 10.6. The maximum Gasteiger partial charge on any atom is 0.408 e. The van der Waals surface area contributed by atoms with Gasteiger partial charge in [0.25, 0.3) is 0 Å². The molecule has 2 amide bonds. The number of para-hydroxylation sites is 1. The first-order chi connectivity index (χ1) is 21.4. The minimum atomic E-state index is -0.830. The van der Waals surface area contributed by atoms with Gasteiger partial charge in [0.05, 0.1) is 19.2 Å². The zero-order valence-corrected chi connectivity index (χ0v) is 25.7. The number of methoxy groups -OCH3 is 1. The third-order valence-corrected chi connectivity index (χ3v) is 9.46. The summed E-state index contributed by atoms with van der Waals surface area (Å²) in [5, 5.41) is 3.86. The van der Waals surface area contributed by atoms with Crippen molar-refractivity contribution in [1.29, 1.82) is 0 Å². The fraction of sp³-hybridized carbons (Fsp3) is 0.543. The van der Waals surface area contributed by atoms with Gasteiger partial charge in [-0.1, -0.05) is 43.7 Å². The number of nitrogens with zero attached hydrogens (tertiary/aromatic N) is 2. The number of unbranched alkanes of at least 4 members (excludes halogenated alkanes) is 1. The van der Waals surface area contributed by atoms with Gasteiger partial charge in [0.1, 0.15) is 35.7 Å². The summed E-state index contributed by atoms with van der Waals surface area (Å²) < 4.78 is 17.4. The Bertz CT molecular complexity index is 1360. The number of likely N-dealkylation sites (tertiary alicyclic amines) is 1. The number of hydrogen-bond acceptors (Lipinski definition) is 7. The Morgan fingerprint density at radius 2 is 1.91 bits per heavy atom. The van der Waals surface area contributed by atoms with Crippen LogP contribution in [0.3, 0.4) is 0 Å². The van der Waals surface area contributed by atoms with Crippen LogP contribution >= 0.6 is 0 Å². The zero-order chi connectivity index (χ0) is 31.1. The standard InChI is InChI=1S/C35H45N3O6/c1-4-6-7-13-23-17-12-19-30(23)44-35(41)37-32(24-14-8-9-15-24)33(39)38-22-26(21-29(38)34(40)42-3)43-31-20-25-16-10-11-18-28(25)36-27(31)5-2/h4-5,10-11,16,18,20,23-24,26,29-30,32H,1-2,6-9,12-15,17,19,21-22H2,3H3,(H,37,41)/t23-,26-,29+,30-,32+/m1/s1. The van der Waals surface area contributed by atoms with Gasteiger partial charge in [0, 0.05) is 11.8 Å². The summed E-state index contributed by atoms with van der Waals surface area (Å²) in [6, 6.07) is 8.02. The molecule has 2 heterocycles. The second kappa shape index (κ2) is 14.7. The molecule has 5 atom stereocenters. The monoisotopic (exact) mass is 603 g/mol. The molecule has 2 saturated carbocycles. The normalized spacial score (nSPS) is 24.2. The fourth-order valence-corrected chi connectivity index (χ4v) is 7.18. The van der Waals surface area contributed by atoms with Gasteiger partial charge >= 0.3 is 12.1 Å². The van der Waals surface area contributed by atoms with E-state index >= 15 is 0 Å². The van der Waals surface area contributed by atoms with Gasteiger partial charge < -0.3 is 24.4 Å². The summed E-state index contributed by atoms with van der Waals surface area (Å²) in [6.07, 6.45) is 12.1. The number of esters is 1. The van der Waals surface area contributed by atoms with E-state index in [1.165, 1.54) is 12.0 Å². The molecule has 9 nitrogen and oxygen atoms in total. The van der Waals surface area contributed by atoms with Crippen LogP contribution in [0.4, 0.5) is 4.79 Å². The molecule has 0 bridgehead atoms. The smallest absolute Gasteiger partial charge is 0.408 e. The van der Waals surface area contributed by atoms with Crippen LogP contribution in [0.15, 0.2) is 49.6 Å². The van der Waals surface area contributed by atoms with Crippen LogP contribution in [0, 0.1) is 11.8 Å². The summed E-state index contributed by atoms with van der Waals surface area (Å²) in [6.45, 7) is 7.87. The largest absolute Gasteiger partial charge is 0.486 e. The molecule has 3 aliphatic rings. The first kappa shape index (κ1) is 31.5. The Balaban J connectivity index is 1.31. The van der Waals surface area contributed by atoms with Crippen LogP contribution < -0.4 is 10.1 Å². The number of benzene rings is 1. The van der Waals surface area contributed by atoms with E-state index in [0.29, 0.717) is 17.4 Å². The average molecular weight is 604 g/mol. The first-order valence-electron chi connectivity index (χ1n) is 16.1. The molecule has 236 valence electrons. The Morgan fingerprint density at radius 1 is 1.11 bits per heavy atom. The molecule has 2 aliphatic carbocycles. The van der Waals surface area contributed by atoms with E-state index in [9.17, 15) is 14.4 Å². The number of pyridine rings is 1. The van der Waals surface area contributed by atoms with Crippen LogP contribution in [-0.4, -0.2) is 65.8 Å². The Morgan fingerprint density at radius 3 is 2.66 bits per heavy atom. The molecular formula is C35H45N3O6. The molecule has 0 radical (unpaired) electrons. The highest BCUT2D eigenvalue weighted by molar-refractivity contribution is 5.90. The molecule has 5 rings (SSSR count). The predicted molar refractivity (Wildman–Crippen MR) is 169 cm³/mol. The van der Waals surface area contributed by atoms with Crippen molar-refractivity contribution in [2.45, 2.75) is 94.9 Å². The van der Waals surface area contributed by atoms with E-state index in [0.717, 1.165) is 75.1 Å². The molecule has 44 heavy (non-hydrogen) atoms. The van der Waals surface area contributed by atoms with Crippen molar-refractivity contribution in [3.8, 4) is 5.75 Å². The summed E-state index contributed by atoms with van der Waals surface area (Å²) in [4.78, 5) is 46.6. The molecule has 1 aromatic carbocycles. The Labute approximate surface area is 260 Å². The van der Waals surface area contributed by atoms with Gasteiger partial charge in [0.2, 0.25) is 5.91 Å². The van der Waals surface area contributed by atoms with Gasteiger partial charge in [-0.05, 0) is 81.4 Å². The van der Waals surface area contributed by atoms with Gasteiger partial charge in [-0.25, -0.2) is 14.6 Å². The molecule has 9 heteroatoms. The predicted octanol–water partition coefficient (Wildman–Crippen LogP) is 6.21. The van der Waals surface area contributed by atoms with Gasteiger partial charge in [-0.3, -0.25) is 4.79 Å². The summed E-state index contributed by atoms with van der Waals surface area (Å²) >= 11 is 0. The quantitative estimate of drug-likeness (QED) is 0.175. The Hall–Kier alpha value is -3.88. The van der Waals surface area contributed by atoms with Gasteiger partial charge in [-0.15, -0.1) is 6.58 Å². The van der Waals surface area contributed by atoms with E-state index in [4.69, 9.17) is 14.2 Å². The number of carbonyl (C=O) groups excluding carboxylic acids is 3. The lowest BCUT2D eigenvalue weighted by atomic mass is 9.96. The number of amides is 2. The van der Waals surface area contributed by atoms with Crippen molar-refractivity contribution in [2.24, 2.45) is 11.8 Å². The SMILES string of the molecule is C=CCCC[C@@H]1CCC[C@H]1OC(=O)N[C@H](C(=O)N1C[C@H](Oc2cc3ccccc3nc2C=C)C[C@H]1C(=O)OC)C1CCCC1. The highest BCUT2D eigenvalue weighted by Crippen LogP contribution is 2.34. The molecule has 0 unspecified atom stereocenters. The summed E-state index contributed by atoms with van der Waals surface area (Å²) in [5.74, 6) is 0.0229. The van der Waals surface area contributed by atoms with Crippen LogP contribution in [0.5, 0.6) is 5.75 Å². The molecule has 1 aliphatic heterocycles. The van der Waals surface area contributed by atoms with Crippen LogP contribution in [-0.2, 0) is 19.1 Å². The molecular weight excluding hydrogens is 558 g/mol. The van der Waals surface area contributed by atoms with Crippen molar-refractivity contribution >= 4 is 34.9 Å². The lowest BCUT2D eigenvalue weighted by Crippen LogP contribution is -2.55. The number of allylic oxidation sites excluding steroid dienone is 1. The summed E-state index contributed by atoms with van der Waals surface area (Å²) in [7, 11) is 1.32. The lowest BCUT2D eigenvalue weighted by Gasteiger charge is -2.31. The number of nitrogens with one attached hydrogen (secondary N) is 1. The van der Waals surface area contributed by atoms with E-state index in [-0.39, 0.29) is 30.9 Å².